The Kier molecular flexibility index (Phi) is 6.42. The molecule has 0 radical (unpaired) electrons. The number of nitrogens with zero attached hydrogens (tertiary/aromatic N) is 2. The Labute approximate surface area is 162 Å². The first-order valence-electron chi connectivity index (χ1n) is 9.86. The molecule has 0 aliphatic carbocycles. The zero-order valence-corrected chi connectivity index (χ0v) is 17.1. The molecule has 27 heavy (non-hydrogen) atoms. The first-order valence-corrected chi connectivity index (χ1v) is 11.3. The number of likely N-dealkylation sites (tertiary alicyclic amines) is 1. The third-order valence-electron chi connectivity index (χ3n) is 5.57. The number of methoxy groups -OCH3 is 1. The Morgan fingerprint density at radius 1 is 1.19 bits per heavy atom. The van der Waals surface area contributed by atoms with E-state index in [4.69, 9.17) is 4.74 Å². The van der Waals surface area contributed by atoms with Crippen LogP contribution < -0.4 is 4.74 Å². The lowest BCUT2D eigenvalue weighted by Gasteiger charge is -2.31. The summed E-state index contributed by atoms with van der Waals surface area (Å²) in [5, 5.41) is 0. The lowest BCUT2D eigenvalue weighted by atomic mass is 9.99. The monoisotopic (exact) mass is 394 g/mol. The van der Waals surface area contributed by atoms with Gasteiger partial charge < -0.3 is 9.64 Å². The van der Waals surface area contributed by atoms with Crippen molar-refractivity contribution in [2.24, 2.45) is 5.92 Å². The lowest BCUT2D eigenvalue weighted by molar-refractivity contribution is -0.132. The van der Waals surface area contributed by atoms with Crippen LogP contribution in [0.4, 0.5) is 0 Å². The molecule has 1 amide bonds. The molecular weight excluding hydrogens is 364 g/mol. The molecule has 0 aromatic heterocycles. The molecule has 2 aliphatic rings. The van der Waals surface area contributed by atoms with Gasteiger partial charge in [-0.05, 0) is 61.8 Å². The molecule has 0 saturated carbocycles. The van der Waals surface area contributed by atoms with Crippen LogP contribution in [-0.4, -0.2) is 56.8 Å². The predicted molar refractivity (Wildman–Crippen MR) is 104 cm³/mol. The zero-order valence-electron chi connectivity index (χ0n) is 16.3. The number of piperidine rings is 1. The quantitative estimate of drug-likeness (QED) is 0.744. The van der Waals surface area contributed by atoms with Crippen LogP contribution in [0.15, 0.2) is 23.1 Å². The van der Waals surface area contributed by atoms with Gasteiger partial charge in [-0.3, -0.25) is 4.79 Å². The molecule has 3 rings (SSSR count). The average molecular weight is 395 g/mol. The fourth-order valence-electron chi connectivity index (χ4n) is 4.00. The van der Waals surface area contributed by atoms with Crippen molar-refractivity contribution >= 4 is 15.9 Å². The van der Waals surface area contributed by atoms with Gasteiger partial charge >= 0.3 is 0 Å². The minimum absolute atomic E-state index is 0.136. The summed E-state index contributed by atoms with van der Waals surface area (Å²) >= 11 is 0. The molecule has 1 atom stereocenters. The van der Waals surface area contributed by atoms with Crippen LogP contribution >= 0.6 is 0 Å². The summed E-state index contributed by atoms with van der Waals surface area (Å²) in [6.45, 7) is 4.98. The van der Waals surface area contributed by atoms with Crippen molar-refractivity contribution in [2.45, 2.75) is 50.3 Å². The second-order valence-electron chi connectivity index (χ2n) is 7.67. The molecule has 1 aromatic carbocycles. The number of rotatable bonds is 6. The van der Waals surface area contributed by atoms with E-state index in [2.05, 4.69) is 6.92 Å². The van der Waals surface area contributed by atoms with Crippen molar-refractivity contribution in [1.82, 2.24) is 9.21 Å². The second-order valence-corrected chi connectivity index (χ2v) is 9.61. The number of benzene rings is 1. The van der Waals surface area contributed by atoms with Crippen LogP contribution in [0.2, 0.25) is 0 Å². The van der Waals surface area contributed by atoms with Gasteiger partial charge in [-0.1, -0.05) is 6.92 Å². The van der Waals surface area contributed by atoms with E-state index >= 15 is 0 Å². The molecule has 2 saturated heterocycles. The van der Waals surface area contributed by atoms with E-state index in [-0.39, 0.29) is 5.91 Å². The van der Waals surface area contributed by atoms with Crippen LogP contribution in [0.1, 0.15) is 44.6 Å². The number of aryl methyl sites for hydroxylation is 1. The number of carbonyl (C=O) groups excluding carboxylic acids is 1. The Hall–Kier alpha value is -1.60. The number of ether oxygens (including phenoxy) is 1. The van der Waals surface area contributed by atoms with Gasteiger partial charge in [0.15, 0.2) is 0 Å². The highest BCUT2D eigenvalue weighted by Crippen LogP contribution is 2.27. The summed E-state index contributed by atoms with van der Waals surface area (Å²) < 4.78 is 32.6. The first kappa shape index (κ1) is 20.1. The van der Waals surface area contributed by atoms with Crippen molar-refractivity contribution in [3.05, 3.63) is 23.8 Å². The zero-order chi connectivity index (χ0) is 19.4. The molecule has 0 N–H and O–H groups in total. The Bertz CT molecular complexity index is 772. The van der Waals surface area contributed by atoms with Crippen LogP contribution in [-0.2, 0) is 21.2 Å². The normalized spacial score (nSPS) is 21.4. The number of sulfonamides is 1. The molecule has 1 aromatic rings. The van der Waals surface area contributed by atoms with E-state index in [1.54, 1.807) is 29.6 Å². The van der Waals surface area contributed by atoms with Crippen LogP contribution in [0.5, 0.6) is 5.75 Å². The SMILES string of the molecule is COc1ccc(S(=O)(=O)N2CCCC2)cc1CCC(=O)N1CCC[C@@H](C)C1. The van der Waals surface area contributed by atoms with Crippen LogP contribution in [0.25, 0.3) is 0 Å². The first-order chi connectivity index (χ1) is 12.9. The summed E-state index contributed by atoms with van der Waals surface area (Å²) in [6.07, 6.45) is 4.90. The van der Waals surface area contributed by atoms with Gasteiger partial charge in [0.2, 0.25) is 15.9 Å². The highest BCUT2D eigenvalue weighted by Gasteiger charge is 2.28. The number of carbonyl (C=O) groups is 1. The maximum atomic E-state index is 12.8. The molecular formula is C20H30N2O4S. The summed E-state index contributed by atoms with van der Waals surface area (Å²) in [5.74, 6) is 1.32. The summed E-state index contributed by atoms with van der Waals surface area (Å²) in [5.41, 5.74) is 0.774. The summed E-state index contributed by atoms with van der Waals surface area (Å²) in [7, 11) is -1.90. The highest BCUT2D eigenvalue weighted by atomic mass is 32.2. The van der Waals surface area contributed by atoms with E-state index in [9.17, 15) is 13.2 Å². The molecule has 2 fully saturated rings. The smallest absolute Gasteiger partial charge is 0.243 e. The molecule has 7 heteroatoms. The molecule has 2 heterocycles. The van der Waals surface area contributed by atoms with Gasteiger partial charge in [0.25, 0.3) is 0 Å². The predicted octanol–water partition coefficient (Wildman–Crippen LogP) is 2.67. The highest BCUT2D eigenvalue weighted by molar-refractivity contribution is 7.89. The van der Waals surface area contributed by atoms with Gasteiger partial charge in [0, 0.05) is 32.6 Å². The Balaban J connectivity index is 1.73. The minimum Gasteiger partial charge on any atom is -0.496 e. The van der Waals surface area contributed by atoms with E-state index in [0.29, 0.717) is 42.5 Å². The van der Waals surface area contributed by atoms with E-state index < -0.39 is 10.0 Å². The number of hydrogen-bond donors (Lipinski definition) is 0. The molecule has 6 nitrogen and oxygen atoms in total. The van der Waals surface area contributed by atoms with Crippen molar-refractivity contribution in [3.63, 3.8) is 0 Å². The van der Waals surface area contributed by atoms with Gasteiger partial charge in [-0.15, -0.1) is 0 Å². The van der Waals surface area contributed by atoms with Crippen LogP contribution in [0.3, 0.4) is 0 Å². The summed E-state index contributed by atoms with van der Waals surface area (Å²) in [4.78, 5) is 14.8. The lowest BCUT2D eigenvalue weighted by Crippen LogP contribution is -2.39. The largest absolute Gasteiger partial charge is 0.496 e. The number of hydrogen-bond acceptors (Lipinski definition) is 4. The fraction of sp³-hybridized carbons (Fsp3) is 0.650. The van der Waals surface area contributed by atoms with Crippen molar-refractivity contribution in [1.29, 1.82) is 0 Å². The fourth-order valence-corrected chi connectivity index (χ4v) is 5.57. The van der Waals surface area contributed by atoms with E-state index in [1.165, 1.54) is 6.42 Å². The van der Waals surface area contributed by atoms with Gasteiger partial charge in [-0.2, -0.15) is 4.31 Å². The molecule has 2 aliphatic heterocycles. The average Bonchev–Trinajstić information content (AvgIpc) is 3.21. The third-order valence-corrected chi connectivity index (χ3v) is 7.47. The van der Waals surface area contributed by atoms with Gasteiger partial charge in [-0.25, -0.2) is 8.42 Å². The maximum absolute atomic E-state index is 12.8. The number of amides is 1. The van der Waals surface area contributed by atoms with Crippen molar-refractivity contribution < 1.29 is 17.9 Å². The molecule has 0 bridgehead atoms. The second kappa shape index (κ2) is 8.61. The molecule has 0 spiro atoms. The van der Waals surface area contributed by atoms with Gasteiger partial charge in [0.1, 0.15) is 5.75 Å². The summed E-state index contributed by atoms with van der Waals surface area (Å²) in [6, 6.07) is 4.98. The Morgan fingerprint density at radius 2 is 1.93 bits per heavy atom. The maximum Gasteiger partial charge on any atom is 0.243 e. The Morgan fingerprint density at radius 3 is 2.59 bits per heavy atom. The topological polar surface area (TPSA) is 66.9 Å². The van der Waals surface area contributed by atoms with E-state index in [0.717, 1.165) is 37.9 Å². The third kappa shape index (κ3) is 4.63. The molecule has 150 valence electrons. The minimum atomic E-state index is -3.47. The standard InChI is InChI=1S/C20H30N2O4S/c1-16-6-5-11-21(15-16)20(23)10-7-17-14-18(8-9-19(17)26-2)27(24,25)22-12-3-4-13-22/h8-9,14,16H,3-7,10-13,15H2,1-2H3/t16-/m1/s1. The van der Waals surface area contributed by atoms with Crippen molar-refractivity contribution in [3.8, 4) is 5.75 Å². The van der Waals surface area contributed by atoms with Gasteiger partial charge in [0.05, 0.1) is 12.0 Å². The van der Waals surface area contributed by atoms with Crippen molar-refractivity contribution in [2.75, 3.05) is 33.3 Å². The molecule has 0 unspecified atom stereocenters. The van der Waals surface area contributed by atoms with E-state index in [1.807, 2.05) is 4.90 Å². The van der Waals surface area contributed by atoms with Crippen LogP contribution in [0, 0.1) is 5.92 Å².